The molecule has 1 aromatic rings. The van der Waals surface area contributed by atoms with E-state index in [0.717, 1.165) is 50.7 Å². The van der Waals surface area contributed by atoms with Gasteiger partial charge in [-0.1, -0.05) is 31.9 Å². The Kier molecular flexibility index (Phi) is 9.48. The summed E-state index contributed by atoms with van der Waals surface area (Å²) in [6.45, 7) is 2.76. The molecule has 1 radical (unpaired) electrons. The summed E-state index contributed by atoms with van der Waals surface area (Å²) >= 11 is 0. The van der Waals surface area contributed by atoms with Crippen LogP contribution < -0.4 is 4.74 Å². The standard InChI is InChI=1S/C26H38FO3/c1-2-3-5-10-25(27)26(28)30-24-15-11-20(12-16-24)19-29-23-17-13-22(14-18-23)21-8-6-4-7-9-21/h4,13-14,17-18,20-21,24-25H,2-3,5-12,15-16,19H2,1H3/t20-,24-,25-/m0/s1. The molecule has 4 heteroatoms. The van der Waals surface area contributed by atoms with Crippen molar-refractivity contribution in [2.75, 3.05) is 6.61 Å². The van der Waals surface area contributed by atoms with Crippen LogP contribution in [0.1, 0.15) is 95.5 Å². The molecule has 30 heavy (non-hydrogen) atoms. The number of hydrogen-bond donors (Lipinski definition) is 0. The molecule has 1 aromatic carbocycles. The van der Waals surface area contributed by atoms with Gasteiger partial charge >= 0.3 is 5.97 Å². The number of carbonyl (C=O) groups excluding carboxylic acids is 1. The van der Waals surface area contributed by atoms with E-state index in [2.05, 4.69) is 37.6 Å². The van der Waals surface area contributed by atoms with Gasteiger partial charge in [0.15, 0.2) is 6.17 Å². The molecule has 3 nitrogen and oxygen atoms in total. The minimum Gasteiger partial charge on any atom is -0.493 e. The molecule has 167 valence electrons. The second-order valence-electron chi connectivity index (χ2n) is 9.06. The summed E-state index contributed by atoms with van der Waals surface area (Å²) < 4.78 is 25.3. The van der Waals surface area contributed by atoms with E-state index in [9.17, 15) is 9.18 Å². The Morgan fingerprint density at radius 2 is 1.73 bits per heavy atom. The van der Waals surface area contributed by atoms with Crippen molar-refractivity contribution in [2.45, 2.75) is 102 Å². The molecule has 2 saturated carbocycles. The maximum Gasteiger partial charge on any atom is 0.340 e. The quantitative estimate of drug-likeness (QED) is 0.305. The van der Waals surface area contributed by atoms with E-state index in [0.29, 0.717) is 18.4 Å². The summed E-state index contributed by atoms with van der Waals surface area (Å²) in [6, 6.07) is 8.63. The van der Waals surface area contributed by atoms with Crippen LogP contribution in [0.15, 0.2) is 24.3 Å². The van der Waals surface area contributed by atoms with Gasteiger partial charge in [0.05, 0.1) is 6.61 Å². The van der Waals surface area contributed by atoms with Crippen molar-refractivity contribution >= 4 is 5.97 Å². The number of carbonyl (C=O) groups is 1. The third-order valence-electron chi connectivity index (χ3n) is 6.67. The van der Waals surface area contributed by atoms with Gasteiger partial charge in [0.25, 0.3) is 0 Å². The first-order valence-electron chi connectivity index (χ1n) is 12.0. The molecule has 0 aromatic heterocycles. The third-order valence-corrected chi connectivity index (χ3v) is 6.67. The molecule has 0 saturated heterocycles. The maximum absolute atomic E-state index is 13.9. The molecule has 0 amide bonds. The van der Waals surface area contributed by atoms with Crippen LogP contribution >= 0.6 is 0 Å². The first-order valence-corrected chi connectivity index (χ1v) is 12.0. The lowest BCUT2D eigenvalue weighted by Crippen LogP contribution is -2.30. The van der Waals surface area contributed by atoms with Gasteiger partial charge < -0.3 is 9.47 Å². The largest absolute Gasteiger partial charge is 0.493 e. The second kappa shape index (κ2) is 12.3. The normalized spacial score (nSPS) is 23.7. The lowest BCUT2D eigenvalue weighted by atomic mass is 9.84. The zero-order chi connectivity index (χ0) is 21.2. The molecule has 2 fully saturated rings. The van der Waals surface area contributed by atoms with Crippen molar-refractivity contribution in [1.82, 2.24) is 0 Å². The number of hydrogen-bond acceptors (Lipinski definition) is 3. The van der Waals surface area contributed by atoms with Gasteiger partial charge in [0, 0.05) is 0 Å². The summed E-state index contributed by atoms with van der Waals surface area (Å²) in [4.78, 5) is 11.9. The number of benzene rings is 1. The number of alkyl halides is 1. The highest BCUT2D eigenvalue weighted by atomic mass is 19.1. The third kappa shape index (κ3) is 7.28. The van der Waals surface area contributed by atoms with Gasteiger partial charge in [-0.2, -0.15) is 0 Å². The van der Waals surface area contributed by atoms with E-state index in [-0.39, 0.29) is 12.5 Å². The summed E-state index contributed by atoms with van der Waals surface area (Å²) in [6.07, 6.45) is 12.3. The monoisotopic (exact) mass is 417 g/mol. The smallest absolute Gasteiger partial charge is 0.340 e. The van der Waals surface area contributed by atoms with Gasteiger partial charge in [-0.25, -0.2) is 9.18 Å². The van der Waals surface area contributed by atoms with E-state index in [4.69, 9.17) is 9.47 Å². The molecule has 0 spiro atoms. The molecular formula is C26H38FO3. The molecule has 0 aliphatic heterocycles. The van der Waals surface area contributed by atoms with E-state index >= 15 is 0 Å². The Labute approximate surface area is 181 Å². The van der Waals surface area contributed by atoms with Crippen LogP contribution in [0.2, 0.25) is 0 Å². The van der Waals surface area contributed by atoms with Gasteiger partial charge in [-0.15, -0.1) is 0 Å². The lowest BCUT2D eigenvalue weighted by molar-refractivity contribution is -0.157. The second-order valence-corrected chi connectivity index (χ2v) is 9.06. The van der Waals surface area contributed by atoms with Crippen LogP contribution in [0.25, 0.3) is 0 Å². The summed E-state index contributed by atoms with van der Waals surface area (Å²) in [5.41, 5.74) is 1.43. The first-order chi connectivity index (χ1) is 14.7. The molecule has 0 bridgehead atoms. The van der Waals surface area contributed by atoms with Gasteiger partial charge in [0.2, 0.25) is 0 Å². The van der Waals surface area contributed by atoms with Gasteiger partial charge in [-0.05, 0) is 100 Å². The lowest BCUT2D eigenvalue weighted by Gasteiger charge is -2.28. The minimum atomic E-state index is -1.47. The van der Waals surface area contributed by atoms with Gasteiger partial charge in [0.1, 0.15) is 11.9 Å². The average Bonchev–Trinajstić information content (AvgIpc) is 2.79. The maximum atomic E-state index is 13.9. The summed E-state index contributed by atoms with van der Waals surface area (Å²) in [7, 11) is 0. The number of unbranched alkanes of at least 4 members (excludes halogenated alkanes) is 2. The van der Waals surface area contributed by atoms with E-state index < -0.39 is 12.1 Å². The number of halogens is 1. The highest BCUT2D eigenvalue weighted by Gasteiger charge is 2.27. The molecule has 0 N–H and O–H groups in total. The molecule has 0 unspecified atom stereocenters. The number of esters is 1. The van der Waals surface area contributed by atoms with Crippen LogP contribution in [0.3, 0.4) is 0 Å². The van der Waals surface area contributed by atoms with Crippen molar-refractivity contribution in [3.8, 4) is 5.75 Å². The summed E-state index contributed by atoms with van der Waals surface area (Å²) in [5.74, 6) is 1.43. The van der Waals surface area contributed by atoms with Crippen molar-refractivity contribution in [3.05, 3.63) is 36.2 Å². The summed E-state index contributed by atoms with van der Waals surface area (Å²) in [5, 5.41) is 0. The Balaban J connectivity index is 1.33. The van der Waals surface area contributed by atoms with E-state index in [1.54, 1.807) is 0 Å². The van der Waals surface area contributed by atoms with Crippen LogP contribution in [0, 0.1) is 12.3 Å². The molecule has 2 aliphatic carbocycles. The topological polar surface area (TPSA) is 35.5 Å². The van der Waals surface area contributed by atoms with Crippen molar-refractivity contribution in [3.63, 3.8) is 0 Å². The molecular weight excluding hydrogens is 379 g/mol. The zero-order valence-electron chi connectivity index (χ0n) is 18.5. The predicted octanol–water partition coefficient (Wildman–Crippen LogP) is 6.95. The molecule has 2 aliphatic rings. The molecule has 0 heterocycles. The van der Waals surface area contributed by atoms with E-state index in [1.807, 2.05) is 0 Å². The molecule has 3 rings (SSSR count). The van der Waals surface area contributed by atoms with Gasteiger partial charge in [-0.3, -0.25) is 0 Å². The first kappa shape index (κ1) is 23.1. The fourth-order valence-corrected chi connectivity index (χ4v) is 4.66. The zero-order valence-corrected chi connectivity index (χ0v) is 18.5. The fourth-order valence-electron chi connectivity index (χ4n) is 4.66. The average molecular weight is 418 g/mol. The van der Waals surface area contributed by atoms with Crippen LogP contribution in [-0.2, 0) is 9.53 Å². The number of rotatable bonds is 10. The van der Waals surface area contributed by atoms with E-state index in [1.165, 1.54) is 31.2 Å². The Morgan fingerprint density at radius 1 is 1.03 bits per heavy atom. The van der Waals surface area contributed by atoms with Crippen LogP contribution in [-0.4, -0.2) is 24.9 Å². The Morgan fingerprint density at radius 3 is 2.40 bits per heavy atom. The Hall–Kier alpha value is -1.58. The van der Waals surface area contributed by atoms with Crippen molar-refractivity contribution in [2.24, 2.45) is 5.92 Å². The minimum absolute atomic E-state index is 0.134. The highest BCUT2D eigenvalue weighted by molar-refractivity contribution is 5.74. The Bertz CT molecular complexity index is 616. The fraction of sp³-hybridized carbons (Fsp3) is 0.692. The predicted molar refractivity (Wildman–Crippen MR) is 118 cm³/mol. The SMILES string of the molecule is CCCCC[C@H](F)C(=O)O[C@H]1CC[C@H](COc2ccc(C3CC[CH]CC3)cc2)CC1. The van der Waals surface area contributed by atoms with Crippen LogP contribution in [0.5, 0.6) is 5.75 Å². The molecule has 1 atom stereocenters. The van der Waals surface area contributed by atoms with Crippen molar-refractivity contribution in [1.29, 1.82) is 0 Å². The van der Waals surface area contributed by atoms with Crippen molar-refractivity contribution < 1.29 is 18.7 Å². The van der Waals surface area contributed by atoms with Crippen LogP contribution in [0.4, 0.5) is 4.39 Å². The number of ether oxygens (including phenoxy) is 2. The highest BCUT2D eigenvalue weighted by Crippen LogP contribution is 2.33.